The van der Waals surface area contributed by atoms with E-state index in [1.54, 1.807) is 12.1 Å². The second-order valence-electron chi connectivity index (χ2n) is 8.34. The Bertz CT molecular complexity index is 1090. The van der Waals surface area contributed by atoms with Gasteiger partial charge in [0, 0.05) is 58.0 Å². The van der Waals surface area contributed by atoms with Crippen molar-refractivity contribution < 1.29 is 8.42 Å². The van der Waals surface area contributed by atoms with Crippen molar-refractivity contribution in [1.82, 2.24) is 14.1 Å². The summed E-state index contributed by atoms with van der Waals surface area (Å²) in [5.41, 5.74) is 2.85. The average molecular weight is 494 g/mol. The predicted octanol–water partition coefficient (Wildman–Crippen LogP) is 2.92. The van der Waals surface area contributed by atoms with Gasteiger partial charge in [0.15, 0.2) is 0 Å². The topological polar surface area (TPSA) is 70.9 Å². The van der Waals surface area contributed by atoms with E-state index in [2.05, 4.69) is 33.9 Å². The number of hydrogen-bond donors (Lipinski definition) is 0. The van der Waals surface area contributed by atoms with Crippen LogP contribution in [0.1, 0.15) is 17.5 Å². The molecule has 0 spiro atoms. The van der Waals surface area contributed by atoms with Gasteiger partial charge in [-0.25, -0.2) is 8.42 Å². The molecule has 2 saturated heterocycles. The molecule has 0 atom stereocenters. The van der Waals surface area contributed by atoms with Crippen molar-refractivity contribution in [3.05, 3.63) is 45.8 Å². The van der Waals surface area contributed by atoms with Crippen LogP contribution in [0.25, 0.3) is 0 Å². The molecule has 0 amide bonds. The average Bonchev–Trinajstić information content (AvgIpc) is 3.12. The number of halogens is 1. The molecule has 1 aromatic carbocycles. The van der Waals surface area contributed by atoms with Crippen LogP contribution in [0.4, 0.5) is 5.69 Å². The first kappa shape index (κ1) is 23.5. The van der Waals surface area contributed by atoms with Crippen LogP contribution in [0.2, 0.25) is 4.34 Å². The van der Waals surface area contributed by atoms with Crippen molar-refractivity contribution in [3.8, 4) is 6.07 Å². The Morgan fingerprint density at radius 1 is 1.03 bits per heavy atom. The van der Waals surface area contributed by atoms with E-state index >= 15 is 0 Å². The molecule has 10 heteroatoms. The number of likely N-dealkylation sites (N-methyl/N-ethyl adjacent to an activating group) is 1. The second-order valence-corrected chi connectivity index (χ2v) is 12.2. The number of hydrogen-bond acceptors (Lipinski definition) is 7. The van der Waals surface area contributed by atoms with Crippen molar-refractivity contribution in [3.63, 3.8) is 0 Å². The number of benzene rings is 1. The maximum atomic E-state index is 12.8. The summed E-state index contributed by atoms with van der Waals surface area (Å²) in [5, 5.41) is 9.62. The van der Waals surface area contributed by atoms with E-state index in [9.17, 15) is 13.7 Å². The minimum atomic E-state index is -3.50. The lowest BCUT2D eigenvalue weighted by Gasteiger charge is -2.34. The van der Waals surface area contributed by atoms with Gasteiger partial charge in [-0.05, 0) is 55.9 Å². The van der Waals surface area contributed by atoms with Gasteiger partial charge in [0.05, 0.1) is 16.0 Å². The van der Waals surface area contributed by atoms with E-state index in [0.29, 0.717) is 46.8 Å². The third-order valence-electron chi connectivity index (χ3n) is 6.16. The zero-order chi connectivity index (χ0) is 22.7. The summed E-state index contributed by atoms with van der Waals surface area (Å²) < 4.78 is 28.0. The smallest absolute Gasteiger partial charge is 0.252 e. The molecular formula is C22H28ClN5O2S2. The van der Waals surface area contributed by atoms with E-state index in [-0.39, 0.29) is 0 Å². The third-order valence-corrected chi connectivity index (χ3v) is 9.76. The monoisotopic (exact) mass is 493 g/mol. The first-order valence-corrected chi connectivity index (χ1v) is 13.4. The summed E-state index contributed by atoms with van der Waals surface area (Å²) in [6.45, 7) is 6.87. The number of nitriles is 1. The van der Waals surface area contributed by atoms with Gasteiger partial charge in [0.25, 0.3) is 10.0 Å². The third kappa shape index (κ3) is 5.28. The van der Waals surface area contributed by atoms with E-state index in [1.165, 1.54) is 4.31 Å². The molecule has 2 fully saturated rings. The molecule has 4 rings (SSSR count). The molecule has 0 aliphatic carbocycles. The minimum absolute atomic E-state index is 0.290. The van der Waals surface area contributed by atoms with Crippen molar-refractivity contribution in [2.75, 3.05) is 64.3 Å². The largest absolute Gasteiger partial charge is 0.370 e. The van der Waals surface area contributed by atoms with Crippen LogP contribution in [0.15, 0.2) is 34.5 Å². The summed E-state index contributed by atoms with van der Waals surface area (Å²) in [6.07, 6.45) is 1.12. The fourth-order valence-electron chi connectivity index (χ4n) is 4.25. The second kappa shape index (κ2) is 10.1. The van der Waals surface area contributed by atoms with Gasteiger partial charge in [0.1, 0.15) is 4.21 Å². The Morgan fingerprint density at radius 3 is 2.50 bits per heavy atom. The summed E-state index contributed by atoms with van der Waals surface area (Å²) >= 11 is 7.02. The molecule has 2 aliphatic rings. The SMILES string of the molecule is CN1CCCN(c2ccc(C#N)c(CN3CCN(S(=O)(=O)c4ccc(Cl)s4)CC3)c2)CC1. The first-order chi connectivity index (χ1) is 15.4. The van der Waals surface area contributed by atoms with Gasteiger partial charge in [-0.3, -0.25) is 4.90 Å². The van der Waals surface area contributed by atoms with Gasteiger partial charge in [-0.15, -0.1) is 11.3 Å². The molecule has 0 N–H and O–H groups in total. The highest BCUT2D eigenvalue weighted by molar-refractivity contribution is 7.91. The van der Waals surface area contributed by atoms with Gasteiger partial charge in [0.2, 0.25) is 0 Å². The standard InChI is InChI=1S/C22H28ClN5O2S2/c1-25-7-2-8-27(12-9-25)20-4-3-18(16-24)19(15-20)17-26-10-13-28(14-11-26)32(29,30)22-6-5-21(23)31-22/h3-6,15H,2,7-14,17H2,1H3. The van der Waals surface area contributed by atoms with Gasteiger partial charge >= 0.3 is 0 Å². The Balaban J connectivity index is 1.43. The molecule has 32 heavy (non-hydrogen) atoms. The van der Waals surface area contributed by atoms with Crippen LogP contribution >= 0.6 is 22.9 Å². The summed E-state index contributed by atoms with van der Waals surface area (Å²) in [7, 11) is -1.35. The van der Waals surface area contributed by atoms with Crippen molar-refractivity contribution in [2.24, 2.45) is 0 Å². The minimum Gasteiger partial charge on any atom is -0.370 e. The molecule has 2 aliphatic heterocycles. The number of piperazine rings is 1. The Kier molecular flexibility index (Phi) is 7.40. The van der Waals surface area contributed by atoms with Crippen LogP contribution in [-0.4, -0.2) is 81.9 Å². The van der Waals surface area contributed by atoms with Crippen LogP contribution < -0.4 is 4.90 Å². The Morgan fingerprint density at radius 2 is 1.81 bits per heavy atom. The molecule has 7 nitrogen and oxygen atoms in total. The molecule has 172 valence electrons. The van der Waals surface area contributed by atoms with E-state index in [4.69, 9.17) is 11.6 Å². The molecule has 0 radical (unpaired) electrons. The summed E-state index contributed by atoms with van der Waals surface area (Å²) in [5.74, 6) is 0. The van der Waals surface area contributed by atoms with Crippen LogP contribution in [-0.2, 0) is 16.6 Å². The highest BCUT2D eigenvalue weighted by Crippen LogP contribution is 2.29. The Labute approximate surface area is 199 Å². The lowest BCUT2D eigenvalue weighted by molar-refractivity contribution is 0.181. The van der Waals surface area contributed by atoms with Crippen molar-refractivity contribution >= 4 is 38.6 Å². The lowest BCUT2D eigenvalue weighted by atomic mass is 10.1. The van der Waals surface area contributed by atoms with Crippen molar-refractivity contribution in [2.45, 2.75) is 17.2 Å². The fraction of sp³-hybridized carbons (Fsp3) is 0.500. The molecule has 0 unspecified atom stereocenters. The van der Waals surface area contributed by atoms with Crippen LogP contribution in [0, 0.1) is 11.3 Å². The maximum Gasteiger partial charge on any atom is 0.252 e. The number of sulfonamides is 1. The zero-order valence-corrected chi connectivity index (χ0v) is 20.6. The highest BCUT2D eigenvalue weighted by atomic mass is 35.5. The number of nitrogens with zero attached hydrogens (tertiary/aromatic N) is 5. The first-order valence-electron chi connectivity index (χ1n) is 10.8. The molecule has 1 aromatic heterocycles. The van der Waals surface area contributed by atoms with Crippen LogP contribution in [0.3, 0.4) is 0 Å². The van der Waals surface area contributed by atoms with Gasteiger partial charge in [-0.1, -0.05) is 11.6 Å². The summed E-state index contributed by atoms with van der Waals surface area (Å²) in [6, 6.07) is 11.6. The van der Waals surface area contributed by atoms with E-state index < -0.39 is 10.0 Å². The van der Waals surface area contributed by atoms with E-state index in [1.807, 2.05) is 12.1 Å². The molecular weight excluding hydrogens is 466 g/mol. The Hall–Kier alpha value is -1.67. The van der Waals surface area contributed by atoms with E-state index in [0.717, 1.165) is 55.2 Å². The maximum absolute atomic E-state index is 12.8. The predicted molar refractivity (Wildman–Crippen MR) is 129 cm³/mol. The number of anilines is 1. The van der Waals surface area contributed by atoms with Gasteiger partial charge < -0.3 is 9.80 Å². The zero-order valence-electron chi connectivity index (χ0n) is 18.2. The molecule has 0 bridgehead atoms. The quantitative estimate of drug-likeness (QED) is 0.637. The van der Waals surface area contributed by atoms with Gasteiger partial charge in [-0.2, -0.15) is 9.57 Å². The van der Waals surface area contributed by atoms with Crippen LogP contribution in [0.5, 0.6) is 0 Å². The summed E-state index contributed by atoms with van der Waals surface area (Å²) in [4.78, 5) is 6.97. The molecule has 3 heterocycles. The molecule has 2 aromatic rings. The molecule has 0 saturated carbocycles. The lowest BCUT2D eigenvalue weighted by Crippen LogP contribution is -2.48. The fourth-order valence-corrected chi connectivity index (χ4v) is 7.31. The highest BCUT2D eigenvalue weighted by Gasteiger charge is 2.30. The normalized spacial score (nSPS) is 19.6. The number of rotatable bonds is 5. The number of thiophene rings is 1. The van der Waals surface area contributed by atoms with Crippen molar-refractivity contribution in [1.29, 1.82) is 5.26 Å².